The minimum absolute atomic E-state index is 0.608. The van der Waals surface area contributed by atoms with E-state index in [0.29, 0.717) is 11.3 Å². The van der Waals surface area contributed by atoms with Crippen molar-refractivity contribution in [1.29, 1.82) is 5.26 Å². The largest absolute Gasteiger partial charge is 0.397 e. The van der Waals surface area contributed by atoms with Crippen molar-refractivity contribution in [1.82, 2.24) is 0 Å². The molecular formula is C10H11BrN2S. The summed E-state index contributed by atoms with van der Waals surface area (Å²) in [4.78, 5) is 0. The van der Waals surface area contributed by atoms with Crippen LogP contribution >= 0.6 is 27.3 Å². The summed E-state index contributed by atoms with van der Waals surface area (Å²) in [6.07, 6.45) is 1.69. The van der Waals surface area contributed by atoms with Gasteiger partial charge in [0.15, 0.2) is 0 Å². The van der Waals surface area contributed by atoms with Crippen molar-refractivity contribution in [3.05, 3.63) is 26.4 Å². The standard InChI is InChI=1S/C10H11BrN2S/c1-2-3-7(5-12)10(13)8-4-9(11)14-6-8/h4,6H,2-3,13H2,1H3. The summed E-state index contributed by atoms with van der Waals surface area (Å²) in [5.74, 6) is 0. The molecule has 0 saturated carbocycles. The maximum Gasteiger partial charge on any atom is 0.0968 e. The Bertz CT molecular complexity index is 387. The van der Waals surface area contributed by atoms with E-state index >= 15 is 0 Å². The minimum atomic E-state index is 0.608. The Morgan fingerprint density at radius 2 is 2.43 bits per heavy atom. The number of rotatable bonds is 3. The molecule has 2 N–H and O–H groups in total. The first-order chi connectivity index (χ1) is 6.69. The van der Waals surface area contributed by atoms with E-state index in [2.05, 4.69) is 22.0 Å². The minimum Gasteiger partial charge on any atom is -0.397 e. The lowest BCUT2D eigenvalue weighted by molar-refractivity contribution is 0.929. The monoisotopic (exact) mass is 270 g/mol. The van der Waals surface area contributed by atoms with Crippen molar-refractivity contribution in [3.63, 3.8) is 0 Å². The molecule has 0 aliphatic rings. The third-order valence-electron chi connectivity index (χ3n) is 1.84. The van der Waals surface area contributed by atoms with Crippen LogP contribution in [0, 0.1) is 11.3 Å². The fourth-order valence-electron chi connectivity index (χ4n) is 1.13. The van der Waals surface area contributed by atoms with E-state index in [1.54, 1.807) is 11.3 Å². The zero-order valence-electron chi connectivity index (χ0n) is 7.88. The molecular weight excluding hydrogens is 260 g/mol. The van der Waals surface area contributed by atoms with E-state index in [1.165, 1.54) is 0 Å². The molecule has 1 aromatic rings. The normalized spacial score (nSPS) is 12.1. The first kappa shape index (κ1) is 11.3. The second-order valence-corrected chi connectivity index (χ2v) is 5.18. The third kappa shape index (κ3) is 2.60. The van der Waals surface area contributed by atoms with Gasteiger partial charge in [-0.1, -0.05) is 13.3 Å². The molecule has 1 aromatic heterocycles. The summed E-state index contributed by atoms with van der Waals surface area (Å²) < 4.78 is 1.03. The molecule has 1 heterocycles. The number of nitriles is 1. The molecule has 14 heavy (non-hydrogen) atoms. The molecule has 0 bridgehead atoms. The summed E-state index contributed by atoms with van der Waals surface area (Å²) in [6, 6.07) is 4.09. The smallest absolute Gasteiger partial charge is 0.0968 e. The van der Waals surface area contributed by atoms with Crippen molar-refractivity contribution < 1.29 is 0 Å². The molecule has 1 rings (SSSR count). The Hall–Kier alpha value is -0.790. The van der Waals surface area contributed by atoms with Gasteiger partial charge in [0.2, 0.25) is 0 Å². The van der Waals surface area contributed by atoms with E-state index in [4.69, 9.17) is 11.0 Å². The average molecular weight is 271 g/mol. The summed E-state index contributed by atoms with van der Waals surface area (Å²) >= 11 is 4.94. The Kier molecular flexibility index (Phi) is 4.18. The van der Waals surface area contributed by atoms with E-state index in [0.717, 1.165) is 22.2 Å². The van der Waals surface area contributed by atoms with Crippen LogP contribution in [0.2, 0.25) is 0 Å². The highest BCUT2D eigenvalue weighted by Crippen LogP contribution is 2.26. The van der Waals surface area contributed by atoms with Crippen LogP contribution < -0.4 is 5.73 Å². The summed E-state index contributed by atoms with van der Waals surface area (Å²) in [6.45, 7) is 2.04. The molecule has 0 amide bonds. The molecule has 0 fully saturated rings. The average Bonchev–Trinajstić information content (AvgIpc) is 2.60. The van der Waals surface area contributed by atoms with Gasteiger partial charge in [0, 0.05) is 10.9 Å². The molecule has 0 unspecified atom stereocenters. The van der Waals surface area contributed by atoms with Crippen LogP contribution in [-0.4, -0.2) is 0 Å². The van der Waals surface area contributed by atoms with E-state index in [-0.39, 0.29) is 0 Å². The Balaban J connectivity index is 3.02. The molecule has 0 radical (unpaired) electrons. The number of nitrogens with zero attached hydrogens (tertiary/aromatic N) is 1. The van der Waals surface area contributed by atoms with E-state index < -0.39 is 0 Å². The van der Waals surface area contributed by atoms with Crippen molar-refractivity contribution in [3.8, 4) is 6.07 Å². The van der Waals surface area contributed by atoms with Crippen LogP contribution in [0.1, 0.15) is 25.3 Å². The van der Waals surface area contributed by atoms with E-state index in [1.807, 2.05) is 18.4 Å². The number of allylic oxidation sites excluding steroid dienone is 1. The van der Waals surface area contributed by atoms with Crippen molar-refractivity contribution in [2.24, 2.45) is 5.73 Å². The van der Waals surface area contributed by atoms with Crippen LogP contribution in [0.25, 0.3) is 5.70 Å². The lowest BCUT2D eigenvalue weighted by Crippen LogP contribution is -1.99. The summed E-state index contributed by atoms with van der Waals surface area (Å²) in [5, 5.41) is 10.9. The second kappa shape index (κ2) is 5.18. The zero-order valence-corrected chi connectivity index (χ0v) is 10.3. The van der Waals surface area contributed by atoms with Gasteiger partial charge in [-0.2, -0.15) is 5.26 Å². The lowest BCUT2D eigenvalue weighted by atomic mass is 10.1. The molecule has 0 aromatic carbocycles. The van der Waals surface area contributed by atoms with Crippen LogP contribution in [0.4, 0.5) is 0 Å². The van der Waals surface area contributed by atoms with Gasteiger partial charge >= 0.3 is 0 Å². The van der Waals surface area contributed by atoms with Gasteiger partial charge in [-0.05, 0) is 28.4 Å². The Morgan fingerprint density at radius 1 is 1.71 bits per heavy atom. The van der Waals surface area contributed by atoms with Crippen LogP contribution in [0.5, 0.6) is 0 Å². The molecule has 2 nitrogen and oxygen atoms in total. The fraction of sp³-hybridized carbons (Fsp3) is 0.300. The number of thiophene rings is 1. The highest BCUT2D eigenvalue weighted by Gasteiger charge is 2.06. The van der Waals surface area contributed by atoms with Crippen LogP contribution in [0.3, 0.4) is 0 Å². The quantitative estimate of drug-likeness (QED) is 0.855. The van der Waals surface area contributed by atoms with Crippen molar-refractivity contribution in [2.75, 3.05) is 0 Å². The third-order valence-corrected chi connectivity index (χ3v) is 3.34. The molecule has 74 valence electrons. The van der Waals surface area contributed by atoms with Gasteiger partial charge < -0.3 is 5.73 Å². The molecule has 0 atom stereocenters. The van der Waals surface area contributed by atoms with Gasteiger partial charge in [-0.25, -0.2) is 0 Å². The first-order valence-electron chi connectivity index (χ1n) is 4.32. The Labute approximate surface area is 96.2 Å². The zero-order chi connectivity index (χ0) is 10.6. The molecule has 0 aliphatic carbocycles. The summed E-state index contributed by atoms with van der Waals surface area (Å²) in [7, 11) is 0. The Morgan fingerprint density at radius 3 is 2.86 bits per heavy atom. The topological polar surface area (TPSA) is 49.8 Å². The second-order valence-electron chi connectivity index (χ2n) is 2.89. The van der Waals surface area contributed by atoms with Gasteiger partial charge in [0.05, 0.1) is 21.1 Å². The van der Waals surface area contributed by atoms with Gasteiger partial charge in [-0.3, -0.25) is 0 Å². The van der Waals surface area contributed by atoms with Gasteiger partial charge in [-0.15, -0.1) is 11.3 Å². The molecule has 0 aliphatic heterocycles. The molecule has 0 spiro atoms. The molecule has 0 saturated heterocycles. The number of hydrogen-bond acceptors (Lipinski definition) is 3. The van der Waals surface area contributed by atoms with Crippen LogP contribution in [0.15, 0.2) is 20.8 Å². The highest BCUT2D eigenvalue weighted by atomic mass is 79.9. The van der Waals surface area contributed by atoms with Crippen molar-refractivity contribution >= 4 is 33.0 Å². The predicted molar refractivity (Wildman–Crippen MR) is 63.6 cm³/mol. The SMILES string of the molecule is CCCC(C#N)=C(N)c1csc(Br)c1. The van der Waals surface area contributed by atoms with Crippen LogP contribution in [-0.2, 0) is 0 Å². The van der Waals surface area contributed by atoms with Crippen molar-refractivity contribution in [2.45, 2.75) is 19.8 Å². The van der Waals surface area contributed by atoms with Gasteiger partial charge in [0.1, 0.15) is 0 Å². The predicted octanol–water partition coefficient (Wildman–Crippen LogP) is 3.50. The number of hydrogen-bond donors (Lipinski definition) is 1. The number of nitrogens with two attached hydrogens (primary N) is 1. The van der Waals surface area contributed by atoms with E-state index in [9.17, 15) is 0 Å². The van der Waals surface area contributed by atoms with Gasteiger partial charge in [0.25, 0.3) is 0 Å². The maximum atomic E-state index is 8.90. The summed E-state index contributed by atoms with van der Waals surface area (Å²) in [5.41, 5.74) is 8.12. The number of halogens is 1. The highest BCUT2D eigenvalue weighted by molar-refractivity contribution is 9.11. The lowest BCUT2D eigenvalue weighted by Gasteiger charge is -2.01. The fourth-order valence-corrected chi connectivity index (χ4v) is 2.28. The first-order valence-corrected chi connectivity index (χ1v) is 5.99. The molecule has 4 heteroatoms. The maximum absolute atomic E-state index is 8.90.